The molecule has 1 aliphatic rings. The standard InChI is InChI=1S/C32H36Cl2N2O2/c1-2-30(32(38)35-25-17-10-5-11-18-25)36(22-27-28(33)19-12-20-29(27)34)31(37)21-26(23-13-6-3-7-14-23)24-15-8-4-9-16-24/h3-4,6-9,12-16,19-20,25-26,30H,2,5,10-11,17-18,21-22H2,1H3,(H,35,38)/t30-/m1/s1. The Morgan fingerprint density at radius 3 is 1.92 bits per heavy atom. The Morgan fingerprint density at radius 1 is 0.842 bits per heavy atom. The van der Waals surface area contributed by atoms with Crippen LogP contribution in [0.5, 0.6) is 0 Å². The van der Waals surface area contributed by atoms with Gasteiger partial charge in [-0.05, 0) is 42.5 Å². The molecule has 0 bridgehead atoms. The van der Waals surface area contributed by atoms with Crippen molar-refractivity contribution in [3.05, 3.63) is 106 Å². The van der Waals surface area contributed by atoms with E-state index in [1.165, 1.54) is 6.42 Å². The van der Waals surface area contributed by atoms with Crippen LogP contribution >= 0.6 is 23.2 Å². The lowest BCUT2D eigenvalue weighted by Crippen LogP contribution is -2.51. The average molecular weight is 552 g/mol. The fraction of sp³-hybridized carbons (Fsp3) is 0.375. The molecule has 0 spiro atoms. The second-order valence-electron chi connectivity index (χ2n) is 10.1. The molecule has 4 rings (SSSR count). The first-order chi connectivity index (χ1) is 18.5. The molecule has 2 amide bonds. The van der Waals surface area contributed by atoms with Crippen molar-refractivity contribution in [2.75, 3.05) is 0 Å². The van der Waals surface area contributed by atoms with Gasteiger partial charge in [0.2, 0.25) is 11.8 Å². The van der Waals surface area contributed by atoms with Crippen LogP contribution in [0.15, 0.2) is 78.9 Å². The Bertz CT molecular complexity index is 1140. The Morgan fingerprint density at radius 2 is 1.39 bits per heavy atom. The van der Waals surface area contributed by atoms with Crippen molar-refractivity contribution in [3.63, 3.8) is 0 Å². The van der Waals surface area contributed by atoms with Gasteiger partial charge in [-0.1, -0.05) is 116 Å². The molecule has 1 atom stereocenters. The van der Waals surface area contributed by atoms with E-state index in [9.17, 15) is 9.59 Å². The lowest BCUT2D eigenvalue weighted by Gasteiger charge is -2.34. The Hall–Kier alpha value is -2.82. The normalized spacial score (nSPS) is 14.7. The zero-order valence-electron chi connectivity index (χ0n) is 21.9. The van der Waals surface area contributed by atoms with E-state index in [2.05, 4.69) is 5.32 Å². The largest absolute Gasteiger partial charge is 0.352 e. The molecule has 0 saturated heterocycles. The number of hydrogen-bond donors (Lipinski definition) is 1. The van der Waals surface area contributed by atoms with Crippen molar-refractivity contribution >= 4 is 35.0 Å². The number of rotatable bonds is 10. The van der Waals surface area contributed by atoms with E-state index in [4.69, 9.17) is 23.2 Å². The number of nitrogens with one attached hydrogen (secondary N) is 1. The van der Waals surface area contributed by atoms with Gasteiger partial charge in [0.05, 0.1) is 0 Å². The van der Waals surface area contributed by atoms with Gasteiger partial charge in [0.1, 0.15) is 6.04 Å². The molecule has 200 valence electrons. The Balaban J connectivity index is 1.66. The first-order valence-electron chi connectivity index (χ1n) is 13.6. The van der Waals surface area contributed by atoms with E-state index in [1.54, 1.807) is 23.1 Å². The number of hydrogen-bond acceptors (Lipinski definition) is 2. The number of benzene rings is 3. The van der Waals surface area contributed by atoms with Crippen LogP contribution in [0.3, 0.4) is 0 Å². The molecular weight excluding hydrogens is 515 g/mol. The zero-order chi connectivity index (χ0) is 26.9. The van der Waals surface area contributed by atoms with E-state index in [0.717, 1.165) is 36.8 Å². The predicted octanol–water partition coefficient (Wildman–Crippen LogP) is 7.77. The van der Waals surface area contributed by atoms with Crippen LogP contribution in [0.1, 0.15) is 74.5 Å². The summed E-state index contributed by atoms with van der Waals surface area (Å²) in [5, 5.41) is 4.21. The zero-order valence-corrected chi connectivity index (χ0v) is 23.4. The highest BCUT2D eigenvalue weighted by atomic mass is 35.5. The molecular formula is C32H36Cl2N2O2. The van der Waals surface area contributed by atoms with Crippen LogP contribution in [0.4, 0.5) is 0 Å². The average Bonchev–Trinajstić information content (AvgIpc) is 2.94. The maximum Gasteiger partial charge on any atom is 0.243 e. The van der Waals surface area contributed by atoms with Crippen molar-refractivity contribution in [3.8, 4) is 0 Å². The summed E-state index contributed by atoms with van der Waals surface area (Å²) in [5.41, 5.74) is 2.77. The van der Waals surface area contributed by atoms with Crippen LogP contribution in [0.2, 0.25) is 10.0 Å². The summed E-state index contributed by atoms with van der Waals surface area (Å²) in [5.74, 6) is -0.357. The summed E-state index contributed by atoms with van der Waals surface area (Å²) >= 11 is 13.1. The monoisotopic (exact) mass is 550 g/mol. The summed E-state index contributed by atoms with van der Waals surface area (Å²) in [6.45, 7) is 2.12. The summed E-state index contributed by atoms with van der Waals surface area (Å²) in [4.78, 5) is 29.5. The molecule has 0 radical (unpaired) electrons. The first kappa shape index (κ1) is 28.2. The van der Waals surface area contributed by atoms with Crippen LogP contribution in [-0.2, 0) is 16.1 Å². The molecule has 4 nitrogen and oxygen atoms in total. The van der Waals surface area contributed by atoms with E-state index >= 15 is 0 Å². The van der Waals surface area contributed by atoms with Crippen LogP contribution < -0.4 is 5.32 Å². The summed E-state index contributed by atoms with van der Waals surface area (Å²) < 4.78 is 0. The summed E-state index contributed by atoms with van der Waals surface area (Å²) in [6.07, 6.45) is 6.13. The number of amides is 2. The SMILES string of the molecule is CC[C@H](C(=O)NC1CCCCC1)N(Cc1c(Cl)cccc1Cl)C(=O)CC(c1ccccc1)c1ccccc1. The lowest BCUT2D eigenvalue weighted by atomic mass is 9.88. The molecule has 1 N–H and O–H groups in total. The number of carbonyl (C=O) groups is 2. The molecule has 38 heavy (non-hydrogen) atoms. The van der Waals surface area contributed by atoms with E-state index in [-0.39, 0.29) is 36.7 Å². The maximum atomic E-state index is 14.2. The van der Waals surface area contributed by atoms with Crippen molar-refractivity contribution < 1.29 is 9.59 Å². The van der Waals surface area contributed by atoms with Crippen molar-refractivity contribution in [1.82, 2.24) is 10.2 Å². The lowest BCUT2D eigenvalue weighted by molar-refractivity contribution is -0.142. The number of carbonyl (C=O) groups excluding carboxylic acids is 2. The topological polar surface area (TPSA) is 49.4 Å². The quantitative estimate of drug-likeness (QED) is 0.280. The minimum Gasteiger partial charge on any atom is -0.352 e. The molecule has 0 aliphatic heterocycles. The van der Waals surface area contributed by atoms with Crippen LogP contribution in [0, 0.1) is 0 Å². The highest BCUT2D eigenvalue weighted by molar-refractivity contribution is 6.36. The third kappa shape index (κ3) is 7.18. The molecule has 1 fully saturated rings. The highest BCUT2D eigenvalue weighted by Gasteiger charge is 2.32. The molecule has 0 heterocycles. The van der Waals surface area contributed by atoms with Gasteiger partial charge in [0, 0.05) is 40.5 Å². The molecule has 0 unspecified atom stereocenters. The summed E-state index contributed by atoms with van der Waals surface area (Å²) in [6, 6.07) is 25.0. The Labute approximate surface area is 236 Å². The molecule has 3 aromatic carbocycles. The van der Waals surface area contributed by atoms with Crippen molar-refractivity contribution in [1.29, 1.82) is 0 Å². The fourth-order valence-electron chi connectivity index (χ4n) is 5.41. The number of nitrogens with zero attached hydrogens (tertiary/aromatic N) is 1. The van der Waals surface area contributed by atoms with Gasteiger partial charge in [0.25, 0.3) is 0 Å². The van der Waals surface area contributed by atoms with Gasteiger partial charge in [-0.2, -0.15) is 0 Å². The van der Waals surface area contributed by atoms with Crippen molar-refractivity contribution in [2.45, 2.75) is 76.4 Å². The first-order valence-corrected chi connectivity index (χ1v) is 14.4. The Kier molecular flexibility index (Phi) is 10.3. The second kappa shape index (κ2) is 13.8. The van der Waals surface area contributed by atoms with E-state index in [0.29, 0.717) is 22.0 Å². The molecule has 1 saturated carbocycles. The van der Waals surface area contributed by atoms with Gasteiger partial charge in [-0.25, -0.2) is 0 Å². The molecule has 3 aromatic rings. The minimum atomic E-state index is -0.621. The van der Waals surface area contributed by atoms with Gasteiger partial charge in [0.15, 0.2) is 0 Å². The molecule has 0 aromatic heterocycles. The van der Waals surface area contributed by atoms with E-state index in [1.807, 2.05) is 67.6 Å². The third-order valence-corrected chi connectivity index (χ3v) is 8.22. The van der Waals surface area contributed by atoms with Gasteiger partial charge in [-0.15, -0.1) is 0 Å². The molecule has 1 aliphatic carbocycles. The van der Waals surface area contributed by atoms with Gasteiger partial charge >= 0.3 is 0 Å². The predicted molar refractivity (Wildman–Crippen MR) is 155 cm³/mol. The smallest absolute Gasteiger partial charge is 0.243 e. The van der Waals surface area contributed by atoms with Crippen LogP contribution in [0.25, 0.3) is 0 Å². The van der Waals surface area contributed by atoms with Crippen molar-refractivity contribution in [2.24, 2.45) is 0 Å². The fourth-order valence-corrected chi connectivity index (χ4v) is 5.93. The number of halogens is 2. The summed E-state index contributed by atoms with van der Waals surface area (Å²) in [7, 11) is 0. The second-order valence-corrected chi connectivity index (χ2v) is 10.9. The maximum absolute atomic E-state index is 14.2. The molecule has 6 heteroatoms. The third-order valence-electron chi connectivity index (χ3n) is 7.51. The van der Waals surface area contributed by atoms with Gasteiger partial charge < -0.3 is 10.2 Å². The van der Waals surface area contributed by atoms with Crippen LogP contribution in [-0.4, -0.2) is 28.8 Å². The minimum absolute atomic E-state index is 0.105. The van der Waals surface area contributed by atoms with E-state index < -0.39 is 6.04 Å². The van der Waals surface area contributed by atoms with Gasteiger partial charge in [-0.3, -0.25) is 9.59 Å². The highest BCUT2D eigenvalue weighted by Crippen LogP contribution is 2.32.